The van der Waals surface area contributed by atoms with Crippen LogP contribution in [-0.4, -0.2) is 35.6 Å². The summed E-state index contributed by atoms with van der Waals surface area (Å²) < 4.78 is 0. The number of hydrogen-bond acceptors (Lipinski definition) is 4. The second kappa shape index (κ2) is 5.75. The molecule has 0 aromatic heterocycles. The summed E-state index contributed by atoms with van der Waals surface area (Å²) in [5.41, 5.74) is 2.70. The number of nitrogens with one attached hydrogen (secondary N) is 2. The predicted molar refractivity (Wildman–Crippen MR) is 60.8 cm³/mol. The molecule has 0 saturated carbocycles. The van der Waals surface area contributed by atoms with Crippen molar-refractivity contribution >= 4 is 29.3 Å². The van der Waals surface area contributed by atoms with Gasteiger partial charge in [0.25, 0.3) is 5.91 Å². The standard InChI is InChI=1S/C9H15N3O2S/c1-6(15-2)5-10-9(14)7-3-4-8(13)12-11-7/h6H,3-5H2,1-2H3,(H,10,14)(H,12,13). The summed E-state index contributed by atoms with van der Waals surface area (Å²) in [5, 5.41) is 6.87. The van der Waals surface area contributed by atoms with E-state index in [9.17, 15) is 9.59 Å². The molecule has 1 aliphatic rings. The van der Waals surface area contributed by atoms with Crippen molar-refractivity contribution in [1.29, 1.82) is 0 Å². The van der Waals surface area contributed by atoms with Crippen LogP contribution in [0, 0.1) is 0 Å². The zero-order valence-corrected chi connectivity index (χ0v) is 9.69. The molecule has 1 atom stereocenters. The molecule has 5 nitrogen and oxygen atoms in total. The van der Waals surface area contributed by atoms with Crippen molar-refractivity contribution in [2.75, 3.05) is 12.8 Å². The molecule has 2 amide bonds. The highest BCUT2D eigenvalue weighted by Gasteiger charge is 2.18. The average molecular weight is 229 g/mol. The van der Waals surface area contributed by atoms with Crippen molar-refractivity contribution in [2.45, 2.75) is 25.0 Å². The van der Waals surface area contributed by atoms with Gasteiger partial charge in [-0.05, 0) is 6.26 Å². The van der Waals surface area contributed by atoms with Crippen LogP contribution in [0.4, 0.5) is 0 Å². The van der Waals surface area contributed by atoms with Gasteiger partial charge in [-0.25, -0.2) is 5.43 Å². The molecular formula is C9H15N3O2S. The zero-order chi connectivity index (χ0) is 11.3. The summed E-state index contributed by atoms with van der Waals surface area (Å²) in [6.07, 6.45) is 2.75. The van der Waals surface area contributed by atoms with Crippen molar-refractivity contribution < 1.29 is 9.59 Å². The highest BCUT2D eigenvalue weighted by molar-refractivity contribution is 7.99. The molecule has 1 rings (SSSR count). The highest BCUT2D eigenvalue weighted by atomic mass is 32.2. The van der Waals surface area contributed by atoms with Crippen molar-refractivity contribution in [3.8, 4) is 0 Å². The van der Waals surface area contributed by atoms with E-state index in [1.54, 1.807) is 11.8 Å². The van der Waals surface area contributed by atoms with Crippen LogP contribution >= 0.6 is 11.8 Å². The fourth-order valence-corrected chi connectivity index (χ4v) is 1.31. The number of hydrogen-bond donors (Lipinski definition) is 2. The lowest BCUT2D eigenvalue weighted by Gasteiger charge is -2.13. The van der Waals surface area contributed by atoms with E-state index < -0.39 is 0 Å². The molecule has 0 aliphatic carbocycles. The Morgan fingerprint density at radius 1 is 1.67 bits per heavy atom. The molecule has 1 unspecified atom stereocenters. The number of carbonyl (C=O) groups is 2. The summed E-state index contributed by atoms with van der Waals surface area (Å²) in [6, 6.07) is 0. The van der Waals surface area contributed by atoms with Gasteiger partial charge in [-0.1, -0.05) is 6.92 Å². The Labute approximate surface area is 93.1 Å². The molecular weight excluding hydrogens is 214 g/mol. The first-order valence-electron chi connectivity index (χ1n) is 4.80. The Kier molecular flexibility index (Phi) is 4.61. The Bertz CT molecular complexity index is 291. The smallest absolute Gasteiger partial charge is 0.267 e. The van der Waals surface area contributed by atoms with Crippen molar-refractivity contribution in [2.24, 2.45) is 5.10 Å². The van der Waals surface area contributed by atoms with E-state index in [1.165, 1.54) is 0 Å². The monoisotopic (exact) mass is 229 g/mol. The normalized spacial score (nSPS) is 17.7. The molecule has 6 heteroatoms. The van der Waals surface area contributed by atoms with Gasteiger partial charge in [0.15, 0.2) is 0 Å². The summed E-state index contributed by atoms with van der Waals surface area (Å²) in [4.78, 5) is 22.3. The fourth-order valence-electron chi connectivity index (χ4n) is 1.06. The van der Waals surface area contributed by atoms with Crippen molar-refractivity contribution in [1.82, 2.24) is 10.7 Å². The van der Waals surface area contributed by atoms with E-state index in [4.69, 9.17) is 0 Å². The third-order valence-electron chi connectivity index (χ3n) is 2.12. The average Bonchev–Trinajstić information content (AvgIpc) is 2.26. The van der Waals surface area contributed by atoms with E-state index in [2.05, 4.69) is 15.8 Å². The molecule has 0 aromatic carbocycles. The quantitative estimate of drug-likeness (QED) is 0.719. The number of nitrogens with zero attached hydrogens (tertiary/aromatic N) is 1. The van der Waals surface area contributed by atoms with E-state index in [0.717, 1.165) is 0 Å². The first-order valence-corrected chi connectivity index (χ1v) is 6.08. The van der Waals surface area contributed by atoms with Crippen molar-refractivity contribution in [3.63, 3.8) is 0 Å². The Morgan fingerprint density at radius 2 is 2.40 bits per heavy atom. The molecule has 0 fully saturated rings. The van der Waals surface area contributed by atoms with Crippen LogP contribution in [0.2, 0.25) is 0 Å². The third-order valence-corrected chi connectivity index (χ3v) is 3.09. The second-order valence-electron chi connectivity index (χ2n) is 3.35. The summed E-state index contributed by atoms with van der Waals surface area (Å²) in [5.74, 6) is -0.320. The van der Waals surface area contributed by atoms with E-state index in [0.29, 0.717) is 30.3 Å². The number of rotatable bonds is 4. The second-order valence-corrected chi connectivity index (χ2v) is 4.63. The fraction of sp³-hybridized carbons (Fsp3) is 0.667. The maximum Gasteiger partial charge on any atom is 0.267 e. The molecule has 0 bridgehead atoms. The van der Waals surface area contributed by atoms with E-state index in [-0.39, 0.29) is 11.8 Å². The topological polar surface area (TPSA) is 70.6 Å². The van der Waals surface area contributed by atoms with Gasteiger partial charge in [0.05, 0.1) is 0 Å². The van der Waals surface area contributed by atoms with Gasteiger partial charge in [0.1, 0.15) is 5.71 Å². The van der Waals surface area contributed by atoms with Crippen LogP contribution < -0.4 is 10.7 Å². The first kappa shape index (κ1) is 12.0. The van der Waals surface area contributed by atoms with Crippen LogP contribution in [0.25, 0.3) is 0 Å². The molecule has 1 aliphatic heterocycles. The van der Waals surface area contributed by atoms with Gasteiger partial charge in [0, 0.05) is 24.6 Å². The molecule has 0 radical (unpaired) electrons. The van der Waals surface area contributed by atoms with Crippen LogP contribution in [0.5, 0.6) is 0 Å². The number of amides is 2. The summed E-state index contributed by atoms with van der Waals surface area (Å²) in [7, 11) is 0. The molecule has 1 heterocycles. The lowest BCUT2D eigenvalue weighted by molar-refractivity contribution is -0.121. The predicted octanol–water partition coefficient (Wildman–Crippen LogP) is 0.120. The Hall–Kier alpha value is -1.04. The van der Waals surface area contributed by atoms with E-state index >= 15 is 0 Å². The van der Waals surface area contributed by atoms with Gasteiger partial charge in [0.2, 0.25) is 5.91 Å². The minimum Gasteiger partial charge on any atom is -0.350 e. The maximum atomic E-state index is 11.5. The largest absolute Gasteiger partial charge is 0.350 e. The lowest BCUT2D eigenvalue weighted by atomic mass is 10.1. The van der Waals surface area contributed by atoms with Crippen molar-refractivity contribution in [3.05, 3.63) is 0 Å². The van der Waals surface area contributed by atoms with Gasteiger partial charge in [-0.15, -0.1) is 0 Å². The number of thioether (sulfide) groups is 1. The molecule has 0 spiro atoms. The SMILES string of the molecule is CSC(C)CNC(=O)C1=NNC(=O)CC1. The molecule has 0 aromatic rings. The molecule has 15 heavy (non-hydrogen) atoms. The lowest BCUT2D eigenvalue weighted by Crippen LogP contribution is -2.39. The van der Waals surface area contributed by atoms with Gasteiger partial charge in [-0.2, -0.15) is 16.9 Å². The third kappa shape index (κ3) is 3.91. The molecule has 84 valence electrons. The number of carbonyl (C=O) groups excluding carboxylic acids is 2. The summed E-state index contributed by atoms with van der Waals surface area (Å²) >= 11 is 1.69. The zero-order valence-electron chi connectivity index (χ0n) is 8.87. The highest BCUT2D eigenvalue weighted by Crippen LogP contribution is 2.03. The van der Waals surface area contributed by atoms with E-state index in [1.807, 2.05) is 13.2 Å². The Balaban J connectivity index is 2.37. The number of hydrazone groups is 1. The maximum absolute atomic E-state index is 11.5. The van der Waals surface area contributed by atoms with Crippen LogP contribution in [0.3, 0.4) is 0 Å². The van der Waals surface area contributed by atoms with Crippen LogP contribution in [-0.2, 0) is 9.59 Å². The Morgan fingerprint density at radius 3 is 2.93 bits per heavy atom. The van der Waals surface area contributed by atoms with Crippen LogP contribution in [0.1, 0.15) is 19.8 Å². The van der Waals surface area contributed by atoms with Gasteiger partial charge in [-0.3, -0.25) is 9.59 Å². The first-order chi connectivity index (χ1) is 7.13. The molecule has 0 saturated heterocycles. The van der Waals surface area contributed by atoms with Gasteiger partial charge >= 0.3 is 0 Å². The minimum atomic E-state index is -0.184. The minimum absolute atomic E-state index is 0.135. The molecule has 2 N–H and O–H groups in total. The van der Waals surface area contributed by atoms with Gasteiger partial charge < -0.3 is 5.32 Å². The summed E-state index contributed by atoms with van der Waals surface area (Å²) in [6.45, 7) is 2.66. The van der Waals surface area contributed by atoms with Crippen LogP contribution in [0.15, 0.2) is 5.10 Å².